The third kappa shape index (κ3) is 5.19. The summed E-state index contributed by atoms with van der Waals surface area (Å²) < 4.78 is 23.9. The van der Waals surface area contributed by atoms with Crippen LogP contribution in [-0.2, 0) is 9.53 Å². The maximum absolute atomic E-state index is 13.8. The highest BCUT2D eigenvalue weighted by Gasteiger charge is 2.34. The molecule has 0 bridgehead atoms. The van der Waals surface area contributed by atoms with E-state index in [0.717, 1.165) is 0 Å². The Morgan fingerprint density at radius 2 is 1.80 bits per heavy atom. The summed E-state index contributed by atoms with van der Waals surface area (Å²) in [5.41, 5.74) is 1.67. The number of hydrogen-bond donors (Lipinski definition) is 0. The molecule has 0 N–H and O–H groups in total. The highest BCUT2D eigenvalue weighted by atomic mass is 32.1. The number of furan rings is 1. The Labute approximate surface area is 238 Å². The zero-order valence-electron chi connectivity index (χ0n) is 22.6. The van der Waals surface area contributed by atoms with Crippen molar-refractivity contribution in [1.29, 1.82) is 0 Å². The third-order valence-corrected chi connectivity index (χ3v) is 7.53. The molecule has 1 aliphatic rings. The molecule has 41 heavy (non-hydrogen) atoms. The van der Waals surface area contributed by atoms with Gasteiger partial charge in [-0.05, 0) is 49.2 Å². The number of carbonyl (C=O) groups excluding carboxylic acids is 2. The minimum absolute atomic E-state index is 0.0585. The smallest absolute Gasteiger partial charge is 0.338 e. The van der Waals surface area contributed by atoms with E-state index in [0.29, 0.717) is 49.2 Å². The molecule has 0 spiro atoms. The fourth-order valence-corrected chi connectivity index (χ4v) is 5.64. The number of fused-ring (bicyclic) bond motifs is 1. The number of hydrogen-bond acceptors (Lipinski definition) is 10. The monoisotopic (exact) mass is 573 g/mol. The average molecular weight is 574 g/mol. The van der Waals surface area contributed by atoms with Gasteiger partial charge in [-0.1, -0.05) is 41.7 Å². The number of nitrogens with zero attached hydrogens (tertiary/aromatic N) is 2. The number of carbonyl (C=O) groups is 2. The third-order valence-electron chi connectivity index (χ3n) is 6.55. The largest absolute Gasteiger partial charge is 0.545 e. The zero-order valence-corrected chi connectivity index (χ0v) is 23.4. The van der Waals surface area contributed by atoms with E-state index >= 15 is 0 Å². The van der Waals surface area contributed by atoms with Gasteiger partial charge in [0, 0.05) is 11.6 Å². The Balaban J connectivity index is 1.62. The molecule has 2 aromatic heterocycles. The number of methoxy groups -OCH3 is 2. The molecular formula is C30H25N2O8S-. The van der Waals surface area contributed by atoms with Gasteiger partial charge in [-0.3, -0.25) is 9.36 Å². The number of allylic oxidation sites excluding steroid dienone is 1. The number of carboxylic acid groups (broad SMARTS) is 1. The molecule has 0 saturated carbocycles. The van der Waals surface area contributed by atoms with Crippen LogP contribution in [0.1, 0.15) is 41.6 Å². The second-order valence-corrected chi connectivity index (χ2v) is 9.99. The van der Waals surface area contributed by atoms with Crippen LogP contribution in [0.3, 0.4) is 0 Å². The van der Waals surface area contributed by atoms with Gasteiger partial charge in [0.15, 0.2) is 16.3 Å². The SMILES string of the molecule is CCOC(=O)C1=C(C)N=c2s/c(=C\c3ccc(-c4ccc(C(=O)[O-])cc4)o3)c(=O)n2[C@@H]1c1ccc(OC)c(OC)c1. The molecule has 10 nitrogen and oxygen atoms in total. The van der Waals surface area contributed by atoms with E-state index in [1.165, 1.54) is 42.3 Å². The zero-order chi connectivity index (χ0) is 29.3. The summed E-state index contributed by atoms with van der Waals surface area (Å²) in [5.74, 6) is 0.0319. The highest BCUT2D eigenvalue weighted by Crippen LogP contribution is 2.36. The van der Waals surface area contributed by atoms with E-state index in [9.17, 15) is 19.5 Å². The van der Waals surface area contributed by atoms with Crippen LogP contribution in [0.2, 0.25) is 0 Å². The molecule has 1 atom stereocenters. The molecule has 2 aromatic carbocycles. The van der Waals surface area contributed by atoms with Crippen molar-refractivity contribution < 1.29 is 33.3 Å². The van der Waals surface area contributed by atoms with E-state index in [1.54, 1.807) is 62.4 Å². The fourth-order valence-electron chi connectivity index (χ4n) is 4.62. The van der Waals surface area contributed by atoms with Crippen molar-refractivity contribution >= 4 is 29.4 Å². The fraction of sp³-hybridized carbons (Fsp3) is 0.200. The number of rotatable bonds is 8. The van der Waals surface area contributed by atoms with E-state index in [-0.39, 0.29) is 23.3 Å². The maximum Gasteiger partial charge on any atom is 0.338 e. The lowest BCUT2D eigenvalue weighted by atomic mass is 9.95. The lowest BCUT2D eigenvalue weighted by Gasteiger charge is -2.25. The van der Waals surface area contributed by atoms with Crippen LogP contribution < -0.4 is 29.5 Å². The van der Waals surface area contributed by atoms with E-state index in [1.807, 2.05) is 0 Å². The number of ether oxygens (including phenoxy) is 3. The van der Waals surface area contributed by atoms with Gasteiger partial charge in [-0.25, -0.2) is 9.79 Å². The van der Waals surface area contributed by atoms with Crippen molar-refractivity contribution in [3.05, 3.63) is 102 Å². The lowest BCUT2D eigenvalue weighted by molar-refractivity contribution is -0.255. The molecule has 3 heterocycles. The van der Waals surface area contributed by atoms with Crippen LogP contribution in [0.15, 0.2) is 80.1 Å². The topological polar surface area (TPSA) is 132 Å². The number of thiazole rings is 1. The first-order chi connectivity index (χ1) is 19.7. The van der Waals surface area contributed by atoms with Crippen LogP contribution in [-0.4, -0.2) is 37.3 Å². The average Bonchev–Trinajstić information content (AvgIpc) is 3.56. The molecule has 0 radical (unpaired) electrons. The number of carboxylic acids is 1. The second-order valence-electron chi connectivity index (χ2n) is 8.98. The first-order valence-corrected chi connectivity index (χ1v) is 13.4. The van der Waals surface area contributed by atoms with Gasteiger partial charge in [0.2, 0.25) is 0 Å². The van der Waals surface area contributed by atoms with Crippen LogP contribution >= 0.6 is 11.3 Å². The van der Waals surface area contributed by atoms with Crippen molar-refractivity contribution in [2.24, 2.45) is 4.99 Å². The number of aromatic carboxylic acids is 1. The van der Waals surface area contributed by atoms with Crippen LogP contribution in [0, 0.1) is 0 Å². The molecule has 11 heteroatoms. The van der Waals surface area contributed by atoms with Crippen molar-refractivity contribution in [2.75, 3.05) is 20.8 Å². The summed E-state index contributed by atoms with van der Waals surface area (Å²) in [6.07, 6.45) is 1.61. The van der Waals surface area contributed by atoms with Crippen LogP contribution in [0.5, 0.6) is 11.5 Å². The van der Waals surface area contributed by atoms with Gasteiger partial charge < -0.3 is 28.5 Å². The van der Waals surface area contributed by atoms with Crippen molar-refractivity contribution in [2.45, 2.75) is 19.9 Å². The van der Waals surface area contributed by atoms with E-state index < -0.39 is 18.0 Å². The summed E-state index contributed by atoms with van der Waals surface area (Å²) in [4.78, 5) is 43.0. The standard InChI is InChI=1S/C30H26N2O8S/c1-5-39-29(36)25-16(2)31-30-32(26(25)19-10-12-22(37-3)23(14-19)38-4)27(33)24(41-30)15-20-11-13-21(40-20)17-6-8-18(9-7-17)28(34)35/h6-15,26H,5H2,1-4H3,(H,34,35)/p-1/b24-15-/t26-/m1/s1. The Kier molecular flexibility index (Phi) is 7.62. The number of benzene rings is 2. The first kappa shape index (κ1) is 27.7. The van der Waals surface area contributed by atoms with Crippen LogP contribution in [0.4, 0.5) is 0 Å². The number of aromatic nitrogens is 1. The summed E-state index contributed by atoms with van der Waals surface area (Å²) in [7, 11) is 3.03. The van der Waals surface area contributed by atoms with E-state index in [2.05, 4.69) is 4.99 Å². The summed E-state index contributed by atoms with van der Waals surface area (Å²) in [6.45, 7) is 3.58. The molecule has 5 rings (SSSR count). The number of esters is 1. The van der Waals surface area contributed by atoms with Gasteiger partial charge in [-0.15, -0.1) is 0 Å². The van der Waals surface area contributed by atoms with Gasteiger partial charge >= 0.3 is 5.97 Å². The summed E-state index contributed by atoms with van der Waals surface area (Å²) in [6, 6.07) is 13.9. The molecule has 210 valence electrons. The van der Waals surface area contributed by atoms with Gasteiger partial charge in [0.25, 0.3) is 5.56 Å². The Morgan fingerprint density at radius 3 is 2.46 bits per heavy atom. The van der Waals surface area contributed by atoms with Gasteiger partial charge in [-0.2, -0.15) is 0 Å². The summed E-state index contributed by atoms with van der Waals surface area (Å²) >= 11 is 1.17. The molecule has 1 aliphatic heterocycles. The predicted octanol–water partition coefficient (Wildman–Crippen LogP) is 2.44. The molecule has 0 amide bonds. The van der Waals surface area contributed by atoms with Crippen molar-refractivity contribution in [1.82, 2.24) is 4.57 Å². The normalized spacial score (nSPS) is 14.8. The Morgan fingerprint density at radius 1 is 1.07 bits per heavy atom. The quantitative estimate of drug-likeness (QED) is 0.294. The molecule has 0 aliphatic carbocycles. The maximum atomic E-state index is 13.8. The van der Waals surface area contributed by atoms with E-state index in [4.69, 9.17) is 18.6 Å². The molecule has 4 aromatic rings. The Bertz CT molecular complexity index is 1860. The molecule has 0 fully saturated rings. The van der Waals surface area contributed by atoms with Gasteiger partial charge in [0.1, 0.15) is 11.5 Å². The minimum atomic E-state index is -1.26. The molecule has 0 unspecified atom stereocenters. The Hall–Kier alpha value is -4.90. The molecule has 0 saturated heterocycles. The van der Waals surface area contributed by atoms with Gasteiger partial charge in [0.05, 0.1) is 48.6 Å². The predicted molar refractivity (Wildman–Crippen MR) is 148 cm³/mol. The second kappa shape index (κ2) is 11.3. The minimum Gasteiger partial charge on any atom is -0.545 e. The van der Waals surface area contributed by atoms with Crippen molar-refractivity contribution in [3.63, 3.8) is 0 Å². The summed E-state index contributed by atoms with van der Waals surface area (Å²) in [5, 5.41) is 11.0. The first-order valence-electron chi connectivity index (χ1n) is 12.6. The highest BCUT2D eigenvalue weighted by molar-refractivity contribution is 7.07. The molecular weight excluding hydrogens is 548 g/mol. The lowest BCUT2D eigenvalue weighted by Crippen LogP contribution is -2.39. The van der Waals surface area contributed by atoms with Crippen molar-refractivity contribution in [3.8, 4) is 22.8 Å². The van der Waals surface area contributed by atoms with Crippen LogP contribution in [0.25, 0.3) is 17.4 Å².